The minimum Gasteiger partial charge on any atom is -0.480 e. The monoisotopic (exact) mass is 262 g/mol. The van der Waals surface area contributed by atoms with Gasteiger partial charge in [0.25, 0.3) is 0 Å². The Morgan fingerprint density at radius 2 is 2.16 bits per heavy atom. The summed E-state index contributed by atoms with van der Waals surface area (Å²) in [6.45, 7) is 5.79. The number of carboxylic acids is 1. The van der Waals surface area contributed by atoms with Crippen molar-refractivity contribution in [2.45, 2.75) is 26.3 Å². The molecule has 0 aliphatic rings. The molecule has 0 unspecified atom stereocenters. The van der Waals surface area contributed by atoms with Crippen molar-refractivity contribution < 1.29 is 9.90 Å². The highest BCUT2D eigenvalue weighted by molar-refractivity contribution is 5.90. The molecule has 19 heavy (non-hydrogen) atoms. The molecule has 0 aliphatic carbocycles. The molecule has 0 fully saturated rings. The largest absolute Gasteiger partial charge is 0.480 e. The van der Waals surface area contributed by atoms with E-state index < -0.39 is 11.5 Å². The summed E-state index contributed by atoms with van der Waals surface area (Å²) in [5, 5.41) is 9.39. The third kappa shape index (κ3) is 2.03. The van der Waals surface area contributed by atoms with E-state index in [9.17, 15) is 9.90 Å². The highest BCUT2D eigenvalue weighted by Crippen LogP contribution is 2.28. The third-order valence-corrected chi connectivity index (χ3v) is 3.39. The average Bonchev–Trinajstić information content (AvgIpc) is 2.73. The molecular formula is C13H18N4O2. The first kappa shape index (κ1) is 13.3. The number of aliphatic carboxylic acids is 1. The lowest BCUT2D eigenvalue weighted by Gasteiger charge is -2.35. The number of hydrogen-bond donors (Lipinski definition) is 1. The number of likely N-dealkylation sites (N-methyl/N-ethyl adjacent to an activating group) is 1. The Bertz CT molecular complexity index is 618. The van der Waals surface area contributed by atoms with Crippen LogP contribution in [0.4, 0.5) is 5.82 Å². The predicted octanol–water partition coefficient (Wildman–Crippen LogP) is 1.66. The highest BCUT2D eigenvalue weighted by atomic mass is 16.4. The maximum atomic E-state index is 11.4. The molecular weight excluding hydrogens is 244 g/mol. The first-order chi connectivity index (χ1) is 8.89. The lowest BCUT2D eigenvalue weighted by molar-refractivity contribution is -0.142. The number of carboxylic acid groups (broad SMARTS) is 1. The SMILES string of the molecule is CCN(c1nccc2c1ncn2C)C(C)(C)C(=O)O. The molecule has 6 heteroatoms. The fourth-order valence-electron chi connectivity index (χ4n) is 2.17. The number of rotatable bonds is 4. The van der Waals surface area contributed by atoms with Crippen molar-refractivity contribution in [2.75, 3.05) is 11.4 Å². The average molecular weight is 262 g/mol. The quantitative estimate of drug-likeness (QED) is 0.907. The first-order valence-electron chi connectivity index (χ1n) is 6.16. The molecule has 0 atom stereocenters. The van der Waals surface area contributed by atoms with Gasteiger partial charge in [-0.3, -0.25) is 0 Å². The minimum absolute atomic E-state index is 0.544. The van der Waals surface area contributed by atoms with Gasteiger partial charge in [-0.25, -0.2) is 14.8 Å². The van der Waals surface area contributed by atoms with E-state index in [4.69, 9.17) is 0 Å². The second kappa shape index (κ2) is 4.53. The molecule has 2 aromatic heterocycles. The van der Waals surface area contributed by atoms with Crippen LogP contribution in [-0.2, 0) is 11.8 Å². The molecule has 2 rings (SSSR count). The number of carbonyl (C=O) groups is 1. The fraction of sp³-hybridized carbons (Fsp3) is 0.462. The summed E-state index contributed by atoms with van der Waals surface area (Å²) in [7, 11) is 1.90. The first-order valence-corrected chi connectivity index (χ1v) is 6.16. The zero-order valence-electron chi connectivity index (χ0n) is 11.6. The smallest absolute Gasteiger partial charge is 0.329 e. The molecule has 0 saturated carbocycles. The van der Waals surface area contributed by atoms with Gasteiger partial charge in [0.15, 0.2) is 5.82 Å². The van der Waals surface area contributed by atoms with Gasteiger partial charge in [0.1, 0.15) is 11.1 Å². The number of nitrogens with zero attached hydrogens (tertiary/aromatic N) is 4. The summed E-state index contributed by atoms with van der Waals surface area (Å²) in [5.41, 5.74) is 0.624. The molecule has 0 bridgehead atoms. The van der Waals surface area contributed by atoms with Gasteiger partial charge in [-0.05, 0) is 26.8 Å². The topological polar surface area (TPSA) is 71.2 Å². The van der Waals surface area contributed by atoms with Gasteiger partial charge in [-0.1, -0.05) is 0 Å². The molecule has 0 aromatic carbocycles. The molecule has 2 heterocycles. The lowest BCUT2D eigenvalue weighted by atomic mass is 10.0. The Kier molecular flexibility index (Phi) is 3.18. The number of hydrogen-bond acceptors (Lipinski definition) is 4. The summed E-state index contributed by atoms with van der Waals surface area (Å²) in [5.74, 6) is -0.280. The summed E-state index contributed by atoms with van der Waals surface area (Å²) >= 11 is 0. The molecule has 102 valence electrons. The number of imidazole rings is 1. The molecule has 6 nitrogen and oxygen atoms in total. The summed E-state index contributed by atoms with van der Waals surface area (Å²) in [4.78, 5) is 21.8. The number of anilines is 1. The van der Waals surface area contributed by atoms with Crippen molar-refractivity contribution in [2.24, 2.45) is 7.05 Å². The van der Waals surface area contributed by atoms with E-state index >= 15 is 0 Å². The number of aryl methyl sites for hydroxylation is 1. The van der Waals surface area contributed by atoms with Crippen molar-refractivity contribution >= 4 is 22.8 Å². The predicted molar refractivity (Wildman–Crippen MR) is 73.2 cm³/mol. The van der Waals surface area contributed by atoms with Crippen LogP contribution in [0.2, 0.25) is 0 Å². The molecule has 0 spiro atoms. The molecule has 0 amide bonds. The second-order valence-corrected chi connectivity index (χ2v) is 4.97. The van der Waals surface area contributed by atoms with Gasteiger partial charge < -0.3 is 14.6 Å². The van der Waals surface area contributed by atoms with Gasteiger partial charge in [0.2, 0.25) is 0 Å². The van der Waals surface area contributed by atoms with Gasteiger partial charge in [-0.15, -0.1) is 0 Å². The maximum absolute atomic E-state index is 11.4. The van der Waals surface area contributed by atoms with Crippen molar-refractivity contribution in [3.8, 4) is 0 Å². The zero-order chi connectivity index (χ0) is 14.2. The normalized spacial score (nSPS) is 11.8. The molecule has 0 radical (unpaired) electrons. The number of fused-ring (bicyclic) bond motifs is 1. The lowest BCUT2D eigenvalue weighted by Crippen LogP contribution is -2.50. The minimum atomic E-state index is -1.03. The zero-order valence-corrected chi connectivity index (χ0v) is 11.6. The van der Waals surface area contributed by atoms with Gasteiger partial charge in [-0.2, -0.15) is 0 Å². The number of pyridine rings is 1. The number of aromatic nitrogens is 3. The Morgan fingerprint density at radius 1 is 1.47 bits per heavy atom. The van der Waals surface area contributed by atoms with Crippen LogP contribution in [0.1, 0.15) is 20.8 Å². The fourth-order valence-corrected chi connectivity index (χ4v) is 2.17. The van der Waals surface area contributed by atoms with E-state index in [0.717, 1.165) is 11.0 Å². The van der Waals surface area contributed by atoms with Crippen LogP contribution in [-0.4, -0.2) is 37.7 Å². The van der Waals surface area contributed by atoms with E-state index in [-0.39, 0.29) is 0 Å². The Hall–Kier alpha value is -2.11. The second-order valence-electron chi connectivity index (χ2n) is 4.97. The van der Waals surface area contributed by atoms with E-state index in [0.29, 0.717) is 12.4 Å². The van der Waals surface area contributed by atoms with Crippen LogP contribution >= 0.6 is 0 Å². The van der Waals surface area contributed by atoms with Crippen LogP contribution in [0, 0.1) is 0 Å². The van der Waals surface area contributed by atoms with E-state index in [1.807, 2.05) is 24.6 Å². The van der Waals surface area contributed by atoms with E-state index in [1.165, 1.54) is 0 Å². The Balaban J connectivity index is 2.62. The van der Waals surface area contributed by atoms with Gasteiger partial charge >= 0.3 is 5.97 Å². The molecule has 2 aromatic rings. The van der Waals surface area contributed by atoms with Gasteiger partial charge in [0, 0.05) is 19.8 Å². The molecule has 0 aliphatic heterocycles. The third-order valence-electron chi connectivity index (χ3n) is 3.39. The van der Waals surface area contributed by atoms with Crippen LogP contribution < -0.4 is 4.90 Å². The summed E-state index contributed by atoms with van der Waals surface area (Å²) in [6.07, 6.45) is 3.39. The Labute approximate surface area is 111 Å². The Morgan fingerprint density at radius 3 is 2.74 bits per heavy atom. The van der Waals surface area contributed by atoms with Crippen LogP contribution in [0.15, 0.2) is 18.6 Å². The summed E-state index contributed by atoms with van der Waals surface area (Å²) in [6, 6.07) is 1.87. The highest BCUT2D eigenvalue weighted by Gasteiger charge is 2.35. The standard InChI is InChI=1S/C13H18N4O2/c1-5-17(13(2,3)12(18)19)11-10-9(6-7-14-11)16(4)8-15-10/h6-8H,5H2,1-4H3,(H,18,19). The van der Waals surface area contributed by atoms with Crippen LogP contribution in [0.5, 0.6) is 0 Å². The van der Waals surface area contributed by atoms with Crippen molar-refractivity contribution in [1.82, 2.24) is 14.5 Å². The van der Waals surface area contributed by atoms with Crippen molar-refractivity contribution in [3.05, 3.63) is 18.6 Å². The van der Waals surface area contributed by atoms with Crippen molar-refractivity contribution in [1.29, 1.82) is 0 Å². The van der Waals surface area contributed by atoms with E-state index in [1.54, 1.807) is 31.3 Å². The van der Waals surface area contributed by atoms with Crippen LogP contribution in [0.25, 0.3) is 11.0 Å². The van der Waals surface area contributed by atoms with Crippen LogP contribution in [0.3, 0.4) is 0 Å². The molecule has 1 N–H and O–H groups in total. The van der Waals surface area contributed by atoms with Crippen molar-refractivity contribution in [3.63, 3.8) is 0 Å². The summed E-state index contributed by atoms with van der Waals surface area (Å²) < 4.78 is 1.89. The van der Waals surface area contributed by atoms with E-state index in [2.05, 4.69) is 9.97 Å². The molecule has 0 saturated heterocycles. The van der Waals surface area contributed by atoms with Gasteiger partial charge in [0.05, 0.1) is 11.8 Å². The maximum Gasteiger partial charge on any atom is 0.329 e.